The lowest BCUT2D eigenvalue weighted by atomic mass is 10.1. The molecule has 0 saturated carbocycles. The Morgan fingerprint density at radius 3 is 2.76 bits per heavy atom. The van der Waals surface area contributed by atoms with E-state index in [1.807, 2.05) is 17.9 Å². The van der Waals surface area contributed by atoms with Crippen LogP contribution < -0.4 is 11.3 Å². The lowest BCUT2D eigenvalue weighted by Gasteiger charge is -2.39. The number of hydrogen-bond acceptors (Lipinski definition) is 5. The van der Waals surface area contributed by atoms with E-state index in [9.17, 15) is 4.79 Å². The number of piperazine rings is 1. The first kappa shape index (κ1) is 15.7. The van der Waals surface area contributed by atoms with E-state index in [4.69, 9.17) is 5.84 Å². The molecule has 0 radical (unpaired) electrons. The van der Waals surface area contributed by atoms with E-state index in [1.54, 1.807) is 6.07 Å². The van der Waals surface area contributed by atoms with E-state index in [0.29, 0.717) is 17.4 Å². The summed E-state index contributed by atoms with van der Waals surface area (Å²) in [6.45, 7) is 9.83. The van der Waals surface area contributed by atoms with Crippen molar-refractivity contribution in [3.8, 4) is 0 Å². The molecule has 1 aliphatic heterocycles. The van der Waals surface area contributed by atoms with Crippen molar-refractivity contribution >= 4 is 11.7 Å². The van der Waals surface area contributed by atoms with Gasteiger partial charge in [0.2, 0.25) is 0 Å². The number of anilines is 1. The molecule has 2 rings (SSSR count). The molecule has 1 aromatic heterocycles. The molecule has 6 heteroatoms. The van der Waals surface area contributed by atoms with Gasteiger partial charge in [-0.25, -0.2) is 10.8 Å². The maximum absolute atomic E-state index is 12.7. The molecule has 21 heavy (non-hydrogen) atoms. The molecular weight excluding hydrogens is 266 g/mol. The second kappa shape index (κ2) is 6.87. The molecule has 116 valence electrons. The van der Waals surface area contributed by atoms with Crippen LogP contribution >= 0.6 is 0 Å². The third-order valence-corrected chi connectivity index (χ3v) is 4.09. The highest BCUT2D eigenvalue weighted by atomic mass is 16.2. The summed E-state index contributed by atoms with van der Waals surface area (Å²) in [5.41, 5.74) is 4.06. The summed E-state index contributed by atoms with van der Waals surface area (Å²) in [5, 5.41) is 0. The molecule has 0 bridgehead atoms. The monoisotopic (exact) mass is 291 g/mol. The Labute approximate surface area is 126 Å². The third kappa shape index (κ3) is 3.51. The molecule has 1 aromatic rings. The number of nitrogens with two attached hydrogens (primary N) is 1. The molecule has 1 saturated heterocycles. The van der Waals surface area contributed by atoms with Crippen molar-refractivity contribution in [1.29, 1.82) is 0 Å². The van der Waals surface area contributed by atoms with Gasteiger partial charge in [-0.05, 0) is 32.0 Å². The Hall–Kier alpha value is -1.66. The summed E-state index contributed by atoms with van der Waals surface area (Å²) < 4.78 is 0. The number of hydrazine groups is 1. The Bertz CT molecular complexity index is 483. The number of hydrogen-bond donors (Lipinski definition) is 2. The lowest BCUT2D eigenvalue weighted by Crippen LogP contribution is -2.53. The molecule has 0 spiro atoms. The zero-order chi connectivity index (χ0) is 15.4. The van der Waals surface area contributed by atoms with Gasteiger partial charge in [0, 0.05) is 36.9 Å². The highest BCUT2D eigenvalue weighted by molar-refractivity contribution is 5.95. The number of nitrogen functional groups attached to an aromatic ring is 1. The zero-order valence-electron chi connectivity index (χ0n) is 13.1. The molecule has 3 N–H and O–H groups in total. The second-order valence-electron chi connectivity index (χ2n) is 5.46. The van der Waals surface area contributed by atoms with E-state index in [2.05, 4.69) is 29.2 Å². The molecule has 1 aliphatic rings. The van der Waals surface area contributed by atoms with Crippen molar-refractivity contribution in [2.75, 3.05) is 31.6 Å². The van der Waals surface area contributed by atoms with Gasteiger partial charge in [0.1, 0.15) is 5.82 Å². The minimum atomic E-state index is 0.0613. The van der Waals surface area contributed by atoms with Gasteiger partial charge in [-0.1, -0.05) is 13.8 Å². The maximum Gasteiger partial charge on any atom is 0.254 e. The molecule has 1 unspecified atom stereocenters. The predicted octanol–water partition coefficient (Wildman–Crippen LogP) is 1.10. The normalized spacial score (nSPS) is 19.6. The number of pyridine rings is 1. The van der Waals surface area contributed by atoms with Crippen molar-refractivity contribution in [2.24, 2.45) is 5.84 Å². The van der Waals surface area contributed by atoms with Crippen LogP contribution in [0.5, 0.6) is 0 Å². The van der Waals surface area contributed by atoms with Gasteiger partial charge < -0.3 is 10.3 Å². The average Bonchev–Trinajstić information content (AvgIpc) is 2.53. The number of amides is 1. The van der Waals surface area contributed by atoms with Gasteiger partial charge in [-0.15, -0.1) is 0 Å². The van der Waals surface area contributed by atoms with Gasteiger partial charge in [-0.2, -0.15) is 0 Å². The smallest absolute Gasteiger partial charge is 0.254 e. The number of aryl methyl sites for hydroxylation is 1. The van der Waals surface area contributed by atoms with Crippen LogP contribution in [0, 0.1) is 0 Å². The summed E-state index contributed by atoms with van der Waals surface area (Å²) in [5.74, 6) is 6.04. The first-order chi connectivity index (χ1) is 10.1. The standard InChI is InChI=1S/C15H25N5O/c1-4-13-8-12(9-14(17-13)18-16)15(21)20-7-6-19(5-2)11(3)10-20/h8-9,11H,4-7,10,16H2,1-3H3,(H,17,18). The summed E-state index contributed by atoms with van der Waals surface area (Å²) in [6.07, 6.45) is 0.774. The third-order valence-electron chi connectivity index (χ3n) is 4.09. The van der Waals surface area contributed by atoms with E-state index in [0.717, 1.165) is 38.3 Å². The Kier molecular flexibility index (Phi) is 5.14. The van der Waals surface area contributed by atoms with Crippen LogP contribution in [0.2, 0.25) is 0 Å². The van der Waals surface area contributed by atoms with Crippen molar-refractivity contribution in [1.82, 2.24) is 14.8 Å². The SMILES string of the molecule is CCc1cc(C(=O)N2CCN(CC)C(C)C2)cc(NN)n1. The van der Waals surface area contributed by atoms with Crippen LogP contribution in [0.4, 0.5) is 5.82 Å². The number of carbonyl (C=O) groups excluding carboxylic acids is 1. The number of nitrogens with one attached hydrogen (secondary N) is 1. The predicted molar refractivity (Wildman–Crippen MR) is 84.0 cm³/mol. The number of nitrogens with zero attached hydrogens (tertiary/aromatic N) is 3. The molecular formula is C15H25N5O. The van der Waals surface area contributed by atoms with E-state index in [1.165, 1.54) is 0 Å². The molecule has 1 atom stereocenters. The summed E-state index contributed by atoms with van der Waals surface area (Å²) >= 11 is 0. The number of rotatable bonds is 4. The second-order valence-corrected chi connectivity index (χ2v) is 5.46. The minimum Gasteiger partial charge on any atom is -0.336 e. The topological polar surface area (TPSA) is 74.5 Å². The van der Waals surface area contributed by atoms with Gasteiger partial charge in [0.05, 0.1) is 0 Å². The first-order valence-corrected chi connectivity index (χ1v) is 7.59. The van der Waals surface area contributed by atoms with E-state index in [-0.39, 0.29) is 5.91 Å². The quantitative estimate of drug-likeness (QED) is 0.642. The van der Waals surface area contributed by atoms with Gasteiger partial charge in [-0.3, -0.25) is 9.69 Å². The molecule has 6 nitrogen and oxygen atoms in total. The molecule has 2 heterocycles. The Balaban J connectivity index is 2.16. The maximum atomic E-state index is 12.7. The van der Waals surface area contributed by atoms with Crippen molar-refractivity contribution in [3.63, 3.8) is 0 Å². The van der Waals surface area contributed by atoms with Crippen LogP contribution in [-0.4, -0.2) is 52.9 Å². The van der Waals surface area contributed by atoms with Crippen molar-refractivity contribution in [2.45, 2.75) is 33.2 Å². The fourth-order valence-electron chi connectivity index (χ4n) is 2.80. The molecule has 0 aromatic carbocycles. The fourth-order valence-corrected chi connectivity index (χ4v) is 2.80. The summed E-state index contributed by atoms with van der Waals surface area (Å²) in [4.78, 5) is 21.3. The molecule has 1 amide bonds. The van der Waals surface area contributed by atoms with Gasteiger partial charge >= 0.3 is 0 Å². The van der Waals surface area contributed by atoms with Gasteiger partial charge in [0.25, 0.3) is 5.91 Å². The summed E-state index contributed by atoms with van der Waals surface area (Å²) in [6, 6.07) is 3.98. The number of likely N-dealkylation sites (N-methyl/N-ethyl adjacent to an activating group) is 1. The first-order valence-electron chi connectivity index (χ1n) is 7.59. The lowest BCUT2D eigenvalue weighted by molar-refractivity contribution is 0.0528. The average molecular weight is 291 g/mol. The van der Waals surface area contributed by atoms with Crippen LogP contribution in [0.3, 0.4) is 0 Å². The van der Waals surface area contributed by atoms with Gasteiger partial charge in [0.15, 0.2) is 0 Å². The highest BCUT2D eigenvalue weighted by Gasteiger charge is 2.26. The van der Waals surface area contributed by atoms with Crippen LogP contribution in [-0.2, 0) is 6.42 Å². The largest absolute Gasteiger partial charge is 0.336 e. The summed E-state index contributed by atoms with van der Waals surface area (Å²) in [7, 11) is 0. The number of aromatic nitrogens is 1. The zero-order valence-corrected chi connectivity index (χ0v) is 13.1. The van der Waals surface area contributed by atoms with E-state index < -0.39 is 0 Å². The van der Waals surface area contributed by atoms with Crippen LogP contribution in [0.15, 0.2) is 12.1 Å². The Morgan fingerprint density at radius 1 is 1.43 bits per heavy atom. The van der Waals surface area contributed by atoms with E-state index >= 15 is 0 Å². The van der Waals surface area contributed by atoms with Crippen LogP contribution in [0.25, 0.3) is 0 Å². The number of carbonyl (C=O) groups is 1. The Morgan fingerprint density at radius 2 is 2.19 bits per heavy atom. The van der Waals surface area contributed by atoms with Crippen LogP contribution in [0.1, 0.15) is 36.8 Å². The molecule has 0 aliphatic carbocycles. The highest BCUT2D eigenvalue weighted by Crippen LogP contribution is 2.16. The molecule has 1 fully saturated rings. The van der Waals surface area contributed by atoms with Crippen molar-refractivity contribution in [3.05, 3.63) is 23.4 Å². The fraction of sp³-hybridized carbons (Fsp3) is 0.600. The van der Waals surface area contributed by atoms with Crippen molar-refractivity contribution < 1.29 is 4.79 Å². The minimum absolute atomic E-state index is 0.0613.